The van der Waals surface area contributed by atoms with E-state index < -0.39 is 28.3 Å². The quantitative estimate of drug-likeness (QED) is 0.714. The molecule has 1 saturated carbocycles. The number of hydrogen-bond donors (Lipinski definition) is 2. The first kappa shape index (κ1) is 19.5. The van der Waals surface area contributed by atoms with Crippen molar-refractivity contribution in [2.45, 2.75) is 36.5 Å². The van der Waals surface area contributed by atoms with E-state index in [0.29, 0.717) is 18.5 Å². The molecule has 1 N–H and O–H groups in total. The molecule has 2 fully saturated rings. The lowest BCUT2D eigenvalue weighted by Gasteiger charge is -2.44. The number of halogens is 3. The van der Waals surface area contributed by atoms with Gasteiger partial charge in [0.1, 0.15) is 11.3 Å². The molecule has 2 aromatic carbocycles. The summed E-state index contributed by atoms with van der Waals surface area (Å²) in [5.74, 6) is -0.258. The third-order valence-electron chi connectivity index (χ3n) is 5.56. The molecule has 0 aromatic heterocycles. The van der Waals surface area contributed by atoms with Crippen molar-refractivity contribution in [3.63, 3.8) is 0 Å². The number of amides is 1. The second-order valence-corrected chi connectivity index (χ2v) is 7.59. The Hall–Kier alpha value is -2.86. The summed E-state index contributed by atoms with van der Waals surface area (Å²) in [7, 11) is 0. The predicted octanol–water partition coefficient (Wildman–Crippen LogP) is 4.27. The van der Waals surface area contributed by atoms with Crippen LogP contribution in [0.4, 0.5) is 24.5 Å². The van der Waals surface area contributed by atoms with Crippen LogP contribution in [-0.2, 0) is 11.0 Å². The molecule has 150 valence electrons. The minimum atomic E-state index is -4.72. The Kier molecular flexibility index (Phi) is 4.42. The van der Waals surface area contributed by atoms with Crippen LogP contribution in [0, 0.1) is 11.3 Å². The first-order valence-corrected chi connectivity index (χ1v) is 9.42. The molecule has 1 saturated heterocycles. The molecule has 4 rings (SSSR count). The lowest BCUT2D eigenvalue weighted by molar-refractivity contribution is -0.137. The molecule has 0 radical (unpaired) electrons. The lowest BCUT2D eigenvalue weighted by atomic mass is 9.75. The molecule has 2 aliphatic rings. The highest BCUT2D eigenvalue weighted by Crippen LogP contribution is 2.50. The highest BCUT2D eigenvalue weighted by molar-refractivity contribution is 7.81. The zero-order valence-corrected chi connectivity index (χ0v) is 15.9. The Morgan fingerprint density at radius 2 is 1.76 bits per heavy atom. The van der Waals surface area contributed by atoms with Gasteiger partial charge in [-0.05, 0) is 61.7 Å². The van der Waals surface area contributed by atoms with Gasteiger partial charge in [0.05, 0.1) is 17.2 Å². The number of thiol groups is 1. The summed E-state index contributed by atoms with van der Waals surface area (Å²) < 4.78 is 40.2. The largest absolute Gasteiger partial charge is 0.508 e. The summed E-state index contributed by atoms with van der Waals surface area (Å²) in [5.41, 5.74) is -2.62. The van der Waals surface area contributed by atoms with E-state index in [-0.39, 0.29) is 17.3 Å². The summed E-state index contributed by atoms with van der Waals surface area (Å²) in [6.07, 6.45) is -2.79. The minimum absolute atomic E-state index is 0.0360. The van der Waals surface area contributed by atoms with Crippen LogP contribution in [0.1, 0.15) is 30.4 Å². The number of alkyl halides is 3. The second kappa shape index (κ2) is 6.59. The summed E-state index contributed by atoms with van der Waals surface area (Å²) >= 11 is 4.57. The normalized spacial score (nSPS) is 20.7. The summed E-state index contributed by atoms with van der Waals surface area (Å²) in [6, 6.07) is 11.0. The third kappa shape index (κ3) is 2.90. The van der Waals surface area contributed by atoms with Gasteiger partial charge in [0.15, 0.2) is 5.50 Å². The summed E-state index contributed by atoms with van der Waals surface area (Å²) in [6.45, 7) is 0. The van der Waals surface area contributed by atoms with Gasteiger partial charge in [-0.1, -0.05) is 0 Å². The van der Waals surface area contributed by atoms with Gasteiger partial charge in [0.25, 0.3) is 5.91 Å². The van der Waals surface area contributed by atoms with E-state index in [1.165, 1.54) is 23.1 Å². The molecule has 0 bridgehead atoms. The van der Waals surface area contributed by atoms with Crippen LogP contribution in [0.5, 0.6) is 5.75 Å². The van der Waals surface area contributed by atoms with Gasteiger partial charge in [-0.15, -0.1) is 12.6 Å². The number of carbonyl (C=O) groups excluding carboxylic acids is 1. The molecular formula is C20H16F3N3O2S. The number of phenolic OH excluding ortho intramolecular Hbond substituents is 1. The molecule has 1 atom stereocenters. The summed E-state index contributed by atoms with van der Waals surface area (Å²) in [4.78, 5) is 16.4. The molecule has 1 heterocycles. The monoisotopic (exact) mass is 419 g/mol. The van der Waals surface area contributed by atoms with Crippen LogP contribution in [0.25, 0.3) is 0 Å². The SMILES string of the molecule is N#Cc1ccc(N2C(=O)C3(CCC3)N(c3ccc(O)cc3)C2S)cc1C(F)(F)F. The van der Waals surface area contributed by atoms with E-state index in [1.54, 1.807) is 23.1 Å². The van der Waals surface area contributed by atoms with Crippen molar-refractivity contribution in [3.05, 3.63) is 53.6 Å². The Morgan fingerprint density at radius 3 is 2.28 bits per heavy atom. The van der Waals surface area contributed by atoms with Crippen molar-refractivity contribution in [3.8, 4) is 11.8 Å². The van der Waals surface area contributed by atoms with E-state index in [4.69, 9.17) is 5.26 Å². The first-order chi connectivity index (χ1) is 13.7. The molecular weight excluding hydrogens is 403 g/mol. The topological polar surface area (TPSA) is 67.6 Å². The Bertz CT molecular complexity index is 1010. The Balaban J connectivity index is 1.81. The van der Waals surface area contributed by atoms with Crippen LogP contribution in [0.2, 0.25) is 0 Å². The number of nitrogens with zero attached hydrogens (tertiary/aromatic N) is 3. The predicted molar refractivity (Wildman–Crippen MR) is 104 cm³/mol. The minimum Gasteiger partial charge on any atom is -0.508 e. The number of benzene rings is 2. The average Bonchev–Trinajstić information content (AvgIpc) is 2.88. The molecule has 1 amide bonds. The van der Waals surface area contributed by atoms with Crippen LogP contribution < -0.4 is 9.80 Å². The van der Waals surface area contributed by atoms with Crippen LogP contribution in [0.3, 0.4) is 0 Å². The first-order valence-electron chi connectivity index (χ1n) is 8.90. The standard InChI is InChI=1S/C20H16F3N3O2S/c21-20(22,23)16-10-14(3-2-12(16)11-24)25-17(28)19(8-1-9-19)26(18(25)29)13-4-6-15(27)7-5-13/h2-7,10,18,27,29H,1,8-9H2. The third-order valence-corrected chi connectivity index (χ3v) is 6.02. The lowest BCUT2D eigenvalue weighted by Crippen LogP contribution is -2.55. The fraction of sp³-hybridized carbons (Fsp3) is 0.300. The molecule has 1 aliphatic carbocycles. The van der Waals surface area contributed by atoms with E-state index >= 15 is 0 Å². The highest BCUT2D eigenvalue weighted by atomic mass is 32.1. The van der Waals surface area contributed by atoms with E-state index in [0.717, 1.165) is 18.6 Å². The fourth-order valence-electron chi connectivity index (χ4n) is 3.99. The van der Waals surface area contributed by atoms with Gasteiger partial charge >= 0.3 is 6.18 Å². The number of hydrogen-bond acceptors (Lipinski definition) is 5. The second-order valence-electron chi connectivity index (χ2n) is 7.13. The Labute approximate surface area is 170 Å². The molecule has 2 aromatic rings. The number of anilines is 2. The van der Waals surface area contributed by atoms with Crippen molar-refractivity contribution in [2.75, 3.05) is 9.80 Å². The van der Waals surface area contributed by atoms with Gasteiger partial charge in [-0.25, -0.2) is 0 Å². The van der Waals surface area contributed by atoms with E-state index in [1.807, 2.05) is 0 Å². The van der Waals surface area contributed by atoms with E-state index in [2.05, 4.69) is 12.6 Å². The molecule has 1 aliphatic heterocycles. The number of aromatic hydroxyl groups is 1. The number of carbonyl (C=O) groups is 1. The van der Waals surface area contributed by atoms with Gasteiger partial charge in [-0.2, -0.15) is 18.4 Å². The fourth-order valence-corrected chi connectivity index (χ4v) is 4.59. The maximum Gasteiger partial charge on any atom is 0.417 e. The van der Waals surface area contributed by atoms with Crippen molar-refractivity contribution in [2.24, 2.45) is 0 Å². The molecule has 29 heavy (non-hydrogen) atoms. The van der Waals surface area contributed by atoms with Gasteiger partial charge in [-0.3, -0.25) is 9.69 Å². The van der Waals surface area contributed by atoms with E-state index in [9.17, 15) is 23.1 Å². The van der Waals surface area contributed by atoms with Crippen molar-refractivity contribution < 1.29 is 23.1 Å². The average molecular weight is 419 g/mol. The molecule has 1 unspecified atom stereocenters. The van der Waals surface area contributed by atoms with Gasteiger partial charge in [0, 0.05) is 11.4 Å². The van der Waals surface area contributed by atoms with Crippen LogP contribution >= 0.6 is 12.6 Å². The van der Waals surface area contributed by atoms with Crippen molar-refractivity contribution in [1.82, 2.24) is 0 Å². The smallest absolute Gasteiger partial charge is 0.417 e. The molecule has 9 heteroatoms. The maximum absolute atomic E-state index is 13.4. The maximum atomic E-state index is 13.4. The van der Waals surface area contributed by atoms with Crippen LogP contribution in [-0.4, -0.2) is 22.1 Å². The zero-order valence-electron chi connectivity index (χ0n) is 15.0. The number of rotatable bonds is 2. The van der Waals surface area contributed by atoms with Gasteiger partial charge < -0.3 is 10.0 Å². The zero-order chi connectivity index (χ0) is 21.0. The van der Waals surface area contributed by atoms with Gasteiger partial charge in [0.2, 0.25) is 0 Å². The molecule has 1 spiro atoms. The summed E-state index contributed by atoms with van der Waals surface area (Å²) in [5, 5.41) is 18.6. The van der Waals surface area contributed by atoms with Crippen LogP contribution in [0.15, 0.2) is 42.5 Å². The highest BCUT2D eigenvalue weighted by Gasteiger charge is 2.60. The van der Waals surface area contributed by atoms with Crippen molar-refractivity contribution >= 4 is 29.9 Å². The van der Waals surface area contributed by atoms with Crippen molar-refractivity contribution in [1.29, 1.82) is 5.26 Å². The number of nitriles is 1. The number of phenols is 1. The Morgan fingerprint density at radius 1 is 1.14 bits per heavy atom. The molecule has 5 nitrogen and oxygen atoms in total.